The van der Waals surface area contributed by atoms with Crippen molar-refractivity contribution in [3.8, 4) is 5.75 Å². The molecule has 20 heavy (non-hydrogen) atoms. The first-order valence-corrected chi connectivity index (χ1v) is 6.73. The van der Waals surface area contributed by atoms with Gasteiger partial charge in [-0.05, 0) is 42.8 Å². The van der Waals surface area contributed by atoms with E-state index in [0.717, 1.165) is 5.56 Å². The molecule has 0 aliphatic heterocycles. The predicted octanol–water partition coefficient (Wildman–Crippen LogP) is 4.00. The Morgan fingerprint density at radius 1 is 1.30 bits per heavy atom. The first kappa shape index (κ1) is 14.8. The number of hydrogen-bond acceptors (Lipinski definition) is 2. The summed E-state index contributed by atoms with van der Waals surface area (Å²) in [6, 6.07) is 9.80. The average Bonchev–Trinajstić information content (AvgIpc) is 2.41. The average molecular weight is 310 g/mol. The van der Waals surface area contributed by atoms with Crippen LogP contribution in [0.15, 0.2) is 36.4 Å². The van der Waals surface area contributed by atoms with Gasteiger partial charge in [0.05, 0.1) is 0 Å². The number of ether oxygens (including phenoxy) is 1. The highest BCUT2D eigenvalue weighted by Crippen LogP contribution is 2.24. The zero-order chi connectivity index (χ0) is 14.7. The van der Waals surface area contributed by atoms with Gasteiger partial charge in [0.15, 0.2) is 0 Å². The van der Waals surface area contributed by atoms with Crippen molar-refractivity contribution in [1.29, 1.82) is 0 Å². The largest absolute Gasteiger partial charge is 0.488 e. The number of hydrogen-bond donors (Lipinski definition) is 1. The molecule has 0 bridgehead atoms. The number of halogens is 2. The van der Waals surface area contributed by atoms with Gasteiger partial charge in [-0.1, -0.05) is 29.9 Å². The molecule has 0 fully saturated rings. The summed E-state index contributed by atoms with van der Waals surface area (Å²) >= 11 is 10.8. The Morgan fingerprint density at radius 2 is 2.05 bits per heavy atom. The van der Waals surface area contributed by atoms with Gasteiger partial charge in [0.1, 0.15) is 23.2 Å². The zero-order valence-electron chi connectivity index (χ0n) is 10.8. The van der Waals surface area contributed by atoms with E-state index >= 15 is 0 Å². The van der Waals surface area contributed by atoms with Crippen LogP contribution in [0.5, 0.6) is 5.75 Å². The van der Waals surface area contributed by atoms with Gasteiger partial charge in [0.2, 0.25) is 0 Å². The van der Waals surface area contributed by atoms with Crippen molar-refractivity contribution in [2.75, 3.05) is 0 Å². The fourth-order valence-corrected chi connectivity index (χ4v) is 2.01. The minimum Gasteiger partial charge on any atom is -0.488 e. The number of nitrogens with two attached hydrogens (primary N) is 1. The fourth-order valence-electron chi connectivity index (χ4n) is 1.72. The number of thiocarbonyl (C=S) groups is 1. The summed E-state index contributed by atoms with van der Waals surface area (Å²) < 4.78 is 19.3. The van der Waals surface area contributed by atoms with Gasteiger partial charge in [0.25, 0.3) is 0 Å². The molecule has 2 aromatic rings. The highest BCUT2D eigenvalue weighted by molar-refractivity contribution is 7.80. The summed E-state index contributed by atoms with van der Waals surface area (Å²) in [5.74, 6) is 0.266. The Morgan fingerprint density at radius 3 is 2.75 bits per heavy atom. The minimum atomic E-state index is -0.357. The van der Waals surface area contributed by atoms with Crippen molar-refractivity contribution >= 4 is 28.8 Å². The lowest BCUT2D eigenvalue weighted by atomic mass is 10.1. The van der Waals surface area contributed by atoms with Crippen molar-refractivity contribution < 1.29 is 9.13 Å². The first-order valence-electron chi connectivity index (χ1n) is 5.94. The van der Waals surface area contributed by atoms with E-state index in [9.17, 15) is 4.39 Å². The normalized spacial score (nSPS) is 10.3. The van der Waals surface area contributed by atoms with Crippen LogP contribution in [0.25, 0.3) is 0 Å². The Balaban J connectivity index is 2.20. The molecule has 0 aliphatic carbocycles. The molecular weight excluding hydrogens is 297 g/mol. The molecule has 5 heteroatoms. The van der Waals surface area contributed by atoms with E-state index in [2.05, 4.69) is 0 Å². The summed E-state index contributed by atoms with van der Waals surface area (Å²) in [4.78, 5) is 0.227. The highest BCUT2D eigenvalue weighted by atomic mass is 35.5. The van der Waals surface area contributed by atoms with Crippen LogP contribution in [-0.2, 0) is 6.61 Å². The van der Waals surface area contributed by atoms with Crippen LogP contribution >= 0.6 is 23.8 Å². The van der Waals surface area contributed by atoms with E-state index in [1.165, 1.54) is 6.07 Å². The highest BCUT2D eigenvalue weighted by Gasteiger charge is 2.08. The van der Waals surface area contributed by atoms with Crippen LogP contribution in [0.3, 0.4) is 0 Å². The lowest BCUT2D eigenvalue weighted by Gasteiger charge is -2.11. The molecule has 0 heterocycles. The van der Waals surface area contributed by atoms with Crippen LogP contribution in [-0.4, -0.2) is 4.99 Å². The topological polar surface area (TPSA) is 35.2 Å². The molecule has 104 valence electrons. The van der Waals surface area contributed by atoms with E-state index < -0.39 is 0 Å². The van der Waals surface area contributed by atoms with Crippen molar-refractivity contribution in [3.05, 3.63) is 63.9 Å². The molecular formula is C15H13ClFNOS. The zero-order valence-corrected chi connectivity index (χ0v) is 12.4. The van der Waals surface area contributed by atoms with E-state index in [1.807, 2.05) is 13.0 Å². The summed E-state index contributed by atoms with van der Waals surface area (Å²) in [5.41, 5.74) is 7.48. The molecule has 2 rings (SSSR count). The van der Waals surface area contributed by atoms with Gasteiger partial charge < -0.3 is 10.5 Å². The molecule has 2 N–H and O–H groups in total. The van der Waals surface area contributed by atoms with Gasteiger partial charge in [-0.3, -0.25) is 0 Å². The Kier molecular flexibility index (Phi) is 4.57. The molecule has 0 atom stereocenters. The Bertz CT molecular complexity index is 660. The van der Waals surface area contributed by atoms with E-state index in [0.29, 0.717) is 21.9 Å². The standard InChI is InChI=1S/C15H13ClFNOS/c1-9-2-4-12(16)7-14(9)19-8-11-6-10(15(18)20)3-5-13(11)17/h2-7H,8H2,1H3,(H2,18,20). The van der Waals surface area contributed by atoms with E-state index in [4.69, 9.17) is 34.3 Å². The molecule has 0 unspecified atom stereocenters. The maximum absolute atomic E-state index is 13.7. The number of benzene rings is 2. The van der Waals surface area contributed by atoms with Gasteiger partial charge in [-0.2, -0.15) is 0 Å². The van der Waals surface area contributed by atoms with Crippen LogP contribution in [0.4, 0.5) is 4.39 Å². The Hall–Kier alpha value is -1.65. The summed E-state index contributed by atoms with van der Waals surface area (Å²) in [5, 5.41) is 0.572. The maximum atomic E-state index is 13.7. The molecule has 2 aromatic carbocycles. The molecule has 2 nitrogen and oxygen atoms in total. The SMILES string of the molecule is Cc1ccc(Cl)cc1OCc1cc(C(N)=S)ccc1F. The van der Waals surface area contributed by atoms with Crippen LogP contribution in [0.2, 0.25) is 5.02 Å². The third-order valence-corrected chi connectivity index (χ3v) is 3.33. The minimum absolute atomic E-state index is 0.0868. The number of aryl methyl sites for hydroxylation is 1. The summed E-state index contributed by atoms with van der Waals surface area (Å²) in [6.07, 6.45) is 0. The molecule has 0 aromatic heterocycles. The number of rotatable bonds is 4. The second-order valence-electron chi connectivity index (χ2n) is 4.37. The molecule has 0 aliphatic rings. The molecule has 0 saturated carbocycles. The first-order chi connectivity index (χ1) is 9.47. The quantitative estimate of drug-likeness (QED) is 0.867. The Labute approximate surface area is 127 Å². The molecule has 0 saturated heterocycles. The van der Waals surface area contributed by atoms with Crippen molar-refractivity contribution in [2.24, 2.45) is 5.73 Å². The van der Waals surface area contributed by atoms with E-state index in [1.54, 1.807) is 24.3 Å². The predicted molar refractivity (Wildman–Crippen MR) is 82.8 cm³/mol. The van der Waals surface area contributed by atoms with Gasteiger partial charge in [-0.25, -0.2) is 4.39 Å². The lowest BCUT2D eigenvalue weighted by Crippen LogP contribution is -2.11. The molecule has 0 spiro atoms. The van der Waals surface area contributed by atoms with Crippen LogP contribution < -0.4 is 10.5 Å². The van der Waals surface area contributed by atoms with Crippen molar-refractivity contribution in [1.82, 2.24) is 0 Å². The lowest BCUT2D eigenvalue weighted by molar-refractivity contribution is 0.298. The molecule has 0 amide bonds. The summed E-state index contributed by atoms with van der Waals surface area (Å²) in [6.45, 7) is 1.98. The second-order valence-corrected chi connectivity index (χ2v) is 5.25. The van der Waals surface area contributed by atoms with Crippen molar-refractivity contribution in [2.45, 2.75) is 13.5 Å². The smallest absolute Gasteiger partial charge is 0.129 e. The third kappa shape index (κ3) is 3.46. The maximum Gasteiger partial charge on any atom is 0.129 e. The van der Waals surface area contributed by atoms with Gasteiger partial charge >= 0.3 is 0 Å². The van der Waals surface area contributed by atoms with E-state index in [-0.39, 0.29) is 17.4 Å². The second kappa shape index (κ2) is 6.20. The van der Waals surface area contributed by atoms with Gasteiger partial charge in [-0.15, -0.1) is 0 Å². The summed E-state index contributed by atoms with van der Waals surface area (Å²) in [7, 11) is 0. The van der Waals surface area contributed by atoms with Crippen LogP contribution in [0.1, 0.15) is 16.7 Å². The molecule has 0 radical (unpaired) electrons. The monoisotopic (exact) mass is 309 g/mol. The third-order valence-electron chi connectivity index (χ3n) is 2.86. The fraction of sp³-hybridized carbons (Fsp3) is 0.133. The van der Waals surface area contributed by atoms with Crippen LogP contribution in [0, 0.1) is 12.7 Å². The van der Waals surface area contributed by atoms with Crippen molar-refractivity contribution in [3.63, 3.8) is 0 Å². The van der Waals surface area contributed by atoms with Gasteiger partial charge in [0, 0.05) is 16.1 Å².